The molecule has 3 amide bonds. The van der Waals surface area contributed by atoms with Gasteiger partial charge < -0.3 is 5.32 Å². The molecule has 1 aromatic rings. The third-order valence-corrected chi connectivity index (χ3v) is 2.14. The summed E-state index contributed by atoms with van der Waals surface area (Å²) in [5, 5.41) is 4.51. The molecule has 0 aliphatic heterocycles. The van der Waals surface area contributed by atoms with Gasteiger partial charge >= 0.3 is 6.03 Å². The fourth-order valence-corrected chi connectivity index (χ4v) is 1.20. The van der Waals surface area contributed by atoms with E-state index in [-0.39, 0.29) is 17.0 Å². The number of nitrogens with one attached hydrogen (secondary N) is 4. The van der Waals surface area contributed by atoms with Gasteiger partial charge in [0.15, 0.2) is 0 Å². The Bertz CT molecular complexity index is 395. The van der Waals surface area contributed by atoms with Gasteiger partial charge in [-0.05, 0) is 24.7 Å². The summed E-state index contributed by atoms with van der Waals surface area (Å²) < 4.78 is 0. The van der Waals surface area contributed by atoms with Crippen molar-refractivity contribution in [3.63, 3.8) is 0 Å². The minimum Gasteiger partial charge on any atom is -0.341 e. The van der Waals surface area contributed by atoms with Crippen LogP contribution in [-0.4, -0.2) is 26.0 Å². The predicted octanol–water partition coefficient (Wildman–Crippen LogP) is 0.558. The molecule has 0 heterocycles. The molecule has 7 heteroatoms. The van der Waals surface area contributed by atoms with Crippen LogP contribution >= 0.6 is 17.0 Å². The average Bonchev–Trinajstić information content (AvgIpc) is 2.36. The third-order valence-electron chi connectivity index (χ3n) is 2.14. The lowest BCUT2D eigenvalue weighted by molar-refractivity contribution is 0.0964. The molecule has 0 fully saturated rings. The first kappa shape index (κ1) is 16.6. The van der Waals surface area contributed by atoms with Gasteiger partial charge in [-0.3, -0.25) is 21.0 Å². The van der Waals surface area contributed by atoms with Crippen LogP contribution in [0.25, 0.3) is 0 Å². The van der Waals surface area contributed by atoms with E-state index in [0.29, 0.717) is 12.1 Å². The normalized spacial score (nSPS) is 9.22. The van der Waals surface area contributed by atoms with Crippen molar-refractivity contribution in [2.45, 2.75) is 6.54 Å². The summed E-state index contributed by atoms with van der Waals surface area (Å²) in [5.74, 6) is -0.419. The number of amides is 3. The summed E-state index contributed by atoms with van der Waals surface area (Å²) in [6.07, 6.45) is 0. The second-order valence-corrected chi connectivity index (χ2v) is 3.33. The molecule has 0 aromatic heterocycles. The Kier molecular flexibility index (Phi) is 7.93. The first-order chi connectivity index (χ1) is 8.17. The molecule has 0 saturated heterocycles. The lowest BCUT2D eigenvalue weighted by atomic mass is 10.1. The van der Waals surface area contributed by atoms with Crippen molar-refractivity contribution in [3.05, 3.63) is 35.4 Å². The fourth-order valence-electron chi connectivity index (χ4n) is 1.20. The summed E-state index contributed by atoms with van der Waals surface area (Å²) >= 11 is 0. The average molecular weight is 317 g/mol. The lowest BCUT2D eigenvalue weighted by Gasteiger charge is -2.05. The molecule has 1 aromatic carbocycles. The minimum atomic E-state index is -0.518. The Morgan fingerprint density at radius 3 is 2.22 bits per heavy atom. The number of hydrazine groups is 1. The zero-order valence-electron chi connectivity index (χ0n) is 10.2. The summed E-state index contributed by atoms with van der Waals surface area (Å²) in [4.78, 5) is 22.5. The molecule has 0 atom stereocenters. The molecule has 0 radical (unpaired) electrons. The van der Waals surface area contributed by atoms with Gasteiger partial charge in [0, 0.05) is 19.2 Å². The van der Waals surface area contributed by atoms with E-state index in [9.17, 15) is 9.59 Å². The van der Waals surface area contributed by atoms with E-state index in [4.69, 9.17) is 0 Å². The highest BCUT2D eigenvalue weighted by atomic mass is 79.9. The van der Waals surface area contributed by atoms with Gasteiger partial charge in [0.2, 0.25) is 0 Å². The monoisotopic (exact) mass is 316 g/mol. The molecule has 0 bridgehead atoms. The highest BCUT2D eigenvalue weighted by Crippen LogP contribution is 2.03. The summed E-state index contributed by atoms with van der Waals surface area (Å²) in [5.41, 5.74) is 7.23. The van der Waals surface area contributed by atoms with Gasteiger partial charge in [-0.2, -0.15) is 0 Å². The van der Waals surface area contributed by atoms with E-state index in [1.54, 1.807) is 19.2 Å². The topological polar surface area (TPSA) is 82.3 Å². The number of hydrogen-bond acceptors (Lipinski definition) is 4. The molecular weight excluding hydrogens is 300 g/mol. The predicted molar refractivity (Wildman–Crippen MR) is 74.6 cm³/mol. The third kappa shape index (κ3) is 5.26. The maximum absolute atomic E-state index is 11.5. The molecule has 4 N–H and O–H groups in total. The zero-order valence-corrected chi connectivity index (χ0v) is 12.0. The number of urea groups is 1. The van der Waals surface area contributed by atoms with Gasteiger partial charge in [-0.25, -0.2) is 4.79 Å². The molecule has 0 aliphatic carbocycles. The Labute approximate surface area is 116 Å². The molecule has 0 saturated carbocycles. The van der Waals surface area contributed by atoms with E-state index in [0.717, 1.165) is 5.56 Å². The number of carbonyl (C=O) groups is 2. The Morgan fingerprint density at radius 2 is 1.72 bits per heavy atom. The van der Waals surface area contributed by atoms with Gasteiger partial charge in [0.1, 0.15) is 0 Å². The van der Waals surface area contributed by atoms with Crippen LogP contribution in [0.3, 0.4) is 0 Å². The van der Waals surface area contributed by atoms with Crippen molar-refractivity contribution in [3.8, 4) is 0 Å². The lowest BCUT2D eigenvalue weighted by Crippen LogP contribution is -2.37. The van der Waals surface area contributed by atoms with E-state index < -0.39 is 11.9 Å². The standard InChI is InChI=1S/C11H16N4O2.BrH/c1-12-11(17)15-10(16)9-5-3-8(4-6-9)7-14-13-2;/h3-6,13-14H,7H2,1-2H3,(H2,12,15,16,17);1H. The van der Waals surface area contributed by atoms with Crippen molar-refractivity contribution in [2.75, 3.05) is 14.1 Å². The number of carbonyl (C=O) groups excluding carboxylic acids is 2. The van der Waals surface area contributed by atoms with E-state index in [1.165, 1.54) is 7.05 Å². The maximum atomic E-state index is 11.5. The number of imide groups is 1. The smallest absolute Gasteiger partial charge is 0.321 e. The Morgan fingerprint density at radius 1 is 1.11 bits per heavy atom. The molecular formula is C11H17BrN4O2. The quantitative estimate of drug-likeness (QED) is 0.612. The minimum absolute atomic E-state index is 0. The van der Waals surface area contributed by atoms with Crippen LogP contribution in [-0.2, 0) is 6.54 Å². The molecule has 6 nitrogen and oxygen atoms in total. The molecule has 0 spiro atoms. The van der Waals surface area contributed by atoms with Crippen molar-refractivity contribution in [2.24, 2.45) is 0 Å². The van der Waals surface area contributed by atoms with Gasteiger partial charge in [0.05, 0.1) is 0 Å². The molecule has 18 heavy (non-hydrogen) atoms. The summed E-state index contributed by atoms with van der Waals surface area (Å²) in [6.45, 7) is 0.661. The van der Waals surface area contributed by atoms with Crippen molar-refractivity contribution in [1.29, 1.82) is 0 Å². The van der Waals surface area contributed by atoms with Crippen molar-refractivity contribution >= 4 is 28.9 Å². The van der Waals surface area contributed by atoms with Crippen molar-refractivity contribution in [1.82, 2.24) is 21.5 Å². The van der Waals surface area contributed by atoms with Crippen molar-refractivity contribution < 1.29 is 9.59 Å². The number of hydrogen-bond donors (Lipinski definition) is 4. The number of rotatable bonds is 4. The SMILES string of the molecule is Br.CNNCc1ccc(C(=O)NC(=O)NC)cc1. The second kappa shape index (κ2) is 8.62. The van der Waals surface area contributed by atoms with Crippen LogP contribution in [0.1, 0.15) is 15.9 Å². The fraction of sp³-hybridized carbons (Fsp3) is 0.273. The molecule has 100 valence electrons. The van der Waals surface area contributed by atoms with Crippen LogP contribution in [0.15, 0.2) is 24.3 Å². The van der Waals surface area contributed by atoms with Gasteiger partial charge in [-0.15, -0.1) is 17.0 Å². The Hall–Kier alpha value is -1.44. The number of benzene rings is 1. The van der Waals surface area contributed by atoms with Gasteiger partial charge in [0.25, 0.3) is 5.91 Å². The Balaban J connectivity index is 0.00000289. The summed E-state index contributed by atoms with van der Waals surface area (Å²) in [7, 11) is 3.24. The highest BCUT2D eigenvalue weighted by molar-refractivity contribution is 8.93. The van der Waals surface area contributed by atoms with E-state index in [1.807, 2.05) is 12.1 Å². The van der Waals surface area contributed by atoms with Gasteiger partial charge in [-0.1, -0.05) is 12.1 Å². The first-order valence-electron chi connectivity index (χ1n) is 5.19. The second-order valence-electron chi connectivity index (χ2n) is 3.33. The maximum Gasteiger partial charge on any atom is 0.321 e. The molecule has 1 rings (SSSR count). The van der Waals surface area contributed by atoms with Crippen LogP contribution < -0.4 is 21.5 Å². The zero-order chi connectivity index (χ0) is 12.7. The van der Waals surface area contributed by atoms with Crippen LogP contribution in [0.4, 0.5) is 4.79 Å². The first-order valence-corrected chi connectivity index (χ1v) is 5.19. The highest BCUT2D eigenvalue weighted by Gasteiger charge is 2.08. The number of halogens is 1. The van der Waals surface area contributed by atoms with E-state index in [2.05, 4.69) is 21.5 Å². The van der Waals surface area contributed by atoms with E-state index >= 15 is 0 Å². The molecule has 0 aliphatic rings. The largest absolute Gasteiger partial charge is 0.341 e. The summed E-state index contributed by atoms with van der Waals surface area (Å²) in [6, 6.07) is 6.47. The van der Waals surface area contributed by atoms with Crippen LogP contribution in [0.5, 0.6) is 0 Å². The van der Waals surface area contributed by atoms with Crippen LogP contribution in [0, 0.1) is 0 Å². The molecule has 0 unspecified atom stereocenters. The van der Waals surface area contributed by atoms with Crippen LogP contribution in [0.2, 0.25) is 0 Å².